The molecule has 0 aromatic carbocycles. The Bertz CT molecular complexity index is 296. The van der Waals surface area contributed by atoms with Gasteiger partial charge >= 0.3 is 0 Å². The van der Waals surface area contributed by atoms with Crippen molar-refractivity contribution in [3.63, 3.8) is 0 Å². The molecule has 0 aromatic heterocycles. The quantitative estimate of drug-likeness (QED) is 0.138. The molecule has 0 heterocycles. The monoisotopic (exact) mass is 395 g/mol. The Morgan fingerprint density at radius 3 is 1.21 bits per heavy atom. The summed E-state index contributed by atoms with van der Waals surface area (Å²) in [7, 11) is 0. The molecule has 0 atom stereocenters. The first kappa shape index (κ1) is 27.5. The molecule has 0 aliphatic carbocycles. The summed E-state index contributed by atoms with van der Waals surface area (Å²) in [5.74, 6) is 0.345. The van der Waals surface area contributed by atoms with E-state index in [1.165, 1.54) is 129 Å². The highest BCUT2D eigenvalue weighted by Gasteiger charge is 2.05. The molecule has 28 heavy (non-hydrogen) atoms. The van der Waals surface area contributed by atoms with Crippen LogP contribution >= 0.6 is 0 Å². The third kappa shape index (κ3) is 21.8. The second-order valence-corrected chi connectivity index (χ2v) is 8.81. The first-order chi connectivity index (χ1) is 13.7. The molecule has 0 spiro atoms. The third-order valence-electron chi connectivity index (χ3n) is 5.85. The fourth-order valence-electron chi connectivity index (χ4n) is 3.94. The maximum absolute atomic E-state index is 9.27. The van der Waals surface area contributed by atoms with Crippen LogP contribution in [0.25, 0.3) is 0 Å². The lowest BCUT2D eigenvalue weighted by molar-refractivity contribution is 0.253. The number of aliphatic hydroxyl groups is 1. The van der Waals surface area contributed by atoms with Gasteiger partial charge in [-0.25, -0.2) is 0 Å². The zero-order chi connectivity index (χ0) is 20.7. The lowest BCUT2D eigenvalue weighted by Gasteiger charge is -2.22. The average molecular weight is 396 g/mol. The van der Waals surface area contributed by atoms with Crippen molar-refractivity contribution in [3.05, 3.63) is 12.3 Å². The van der Waals surface area contributed by atoms with Gasteiger partial charge in [-0.1, -0.05) is 110 Å². The molecule has 0 aromatic rings. The molecule has 168 valence electrons. The van der Waals surface area contributed by atoms with E-state index in [1.54, 1.807) is 0 Å². The van der Waals surface area contributed by atoms with Crippen LogP contribution in [0, 0.1) is 0 Å². The zero-order valence-electron chi connectivity index (χ0n) is 19.7. The first-order valence-corrected chi connectivity index (χ1v) is 12.8. The van der Waals surface area contributed by atoms with Crippen molar-refractivity contribution in [2.24, 2.45) is 0 Å². The number of nitrogens with zero attached hydrogens (tertiary/aromatic N) is 1. The molecule has 0 amide bonds. The zero-order valence-corrected chi connectivity index (χ0v) is 19.7. The van der Waals surface area contributed by atoms with Gasteiger partial charge in [0.25, 0.3) is 0 Å². The van der Waals surface area contributed by atoms with Gasteiger partial charge in [-0.15, -0.1) is 0 Å². The lowest BCUT2D eigenvalue weighted by atomic mass is 10.1. The van der Waals surface area contributed by atoms with Crippen molar-refractivity contribution < 1.29 is 5.11 Å². The molecular formula is C26H53NO. The molecule has 0 saturated heterocycles. The van der Waals surface area contributed by atoms with E-state index >= 15 is 0 Å². The first-order valence-electron chi connectivity index (χ1n) is 12.8. The minimum Gasteiger partial charge on any atom is -0.513 e. The molecule has 0 aliphatic rings. The normalized spacial score (nSPS) is 11.4. The van der Waals surface area contributed by atoms with E-state index in [0.717, 1.165) is 12.8 Å². The van der Waals surface area contributed by atoms with Crippen LogP contribution in [0.15, 0.2) is 12.3 Å². The summed E-state index contributed by atoms with van der Waals surface area (Å²) in [4.78, 5) is 2.69. The molecule has 0 unspecified atom stereocenters. The Balaban J connectivity index is 3.80. The standard InChI is InChI=1S/C26H53NO/c1-4-6-8-10-12-14-16-19-23-27(25-21-18-22-26(3)28)24-20-17-15-13-11-9-7-5-2/h28H,3-25H2,1-2H3. The summed E-state index contributed by atoms with van der Waals surface area (Å²) >= 11 is 0. The molecule has 0 saturated carbocycles. The summed E-state index contributed by atoms with van der Waals surface area (Å²) in [5.41, 5.74) is 0. The fraction of sp³-hybridized carbons (Fsp3) is 0.923. The molecule has 2 nitrogen and oxygen atoms in total. The van der Waals surface area contributed by atoms with Gasteiger partial charge in [-0.05, 0) is 45.3 Å². The van der Waals surface area contributed by atoms with Crippen LogP contribution in [0.5, 0.6) is 0 Å². The van der Waals surface area contributed by atoms with Crippen molar-refractivity contribution in [2.45, 2.75) is 136 Å². The third-order valence-corrected chi connectivity index (χ3v) is 5.85. The topological polar surface area (TPSA) is 23.5 Å². The predicted octanol–water partition coefficient (Wildman–Crippen LogP) is 8.81. The maximum Gasteiger partial charge on any atom is 0.0851 e. The van der Waals surface area contributed by atoms with Crippen LogP contribution in [-0.4, -0.2) is 29.6 Å². The van der Waals surface area contributed by atoms with Crippen LogP contribution in [0.1, 0.15) is 136 Å². The molecule has 2 heteroatoms. The van der Waals surface area contributed by atoms with Crippen molar-refractivity contribution in [1.82, 2.24) is 4.90 Å². The largest absolute Gasteiger partial charge is 0.513 e. The van der Waals surface area contributed by atoms with E-state index < -0.39 is 0 Å². The van der Waals surface area contributed by atoms with Crippen LogP contribution in [0.4, 0.5) is 0 Å². The Hall–Kier alpha value is -0.500. The Morgan fingerprint density at radius 2 is 0.857 bits per heavy atom. The van der Waals surface area contributed by atoms with Gasteiger partial charge in [0, 0.05) is 6.42 Å². The molecular weight excluding hydrogens is 342 g/mol. The highest BCUT2D eigenvalue weighted by atomic mass is 16.3. The van der Waals surface area contributed by atoms with Gasteiger partial charge in [0.05, 0.1) is 5.76 Å². The van der Waals surface area contributed by atoms with E-state index in [0.29, 0.717) is 5.76 Å². The van der Waals surface area contributed by atoms with Gasteiger partial charge in [0.2, 0.25) is 0 Å². The maximum atomic E-state index is 9.27. The Morgan fingerprint density at radius 1 is 0.536 bits per heavy atom. The van der Waals surface area contributed by atoms with Gasteiger partial charge in [0.1, 0.15) is 0 Å². The van der Waals surface area contributed by atoms with Crippen molar-refractivity contribution in [3.8, 4) is 0 Å². The Labute approximate surface area is 178 Å². The van der Waals surface area contributed by atoms with Crippen LogP contribution in [0.2, 0.25) is 0 Å². The second kappa shape index (κ2) is 22.8. The molecule has 1 N–H and O–H groups in total. The highest BCUT2D eigenvalue weighted by Crippen LogP contribution is 2.12. The summed E-state index contributed by atoms with van der Waals surface area (Å²) in [6.45, 7) is 11.9. The predicted molar refractivity (Wildman–Crippen MR) is 127 cm³/mol. The van der Waals surface area contributed by atoms with Crippen molar-refractivity contribution >= 4 is 0 Å². The number of unbranched alkanes of at least 4 members (excludes halogenated alkanes) is 15. The van der Waals surface area contributed by atoms with Crippen LogP contribution < -0.4 is 0 Å². The number of allylic oxidation sites excluding steroid dienone is 1. The summed E-state index contributed by atoms with van der Waals surface area (Å²) in [6.07, 6.45) is 25.4. The van der Waals surface area contributed by atoms with Crippen molar-refractivity contribution in [1.29, 1.82) is 0 Å². The van der Waals surface area contributed by atoms with Gasteiger partial charge in [-0.2, -0.15) is 0 Å². The SMILES string of the molecule is C=C(O)CCCCN(CCCCCCCCCC)CCCCCCCCCC. The minimum atomic E-state index is 0.345. The number of rotatable bonds is 23. The minimum absolute atomic E-state index is 0.345. The fourth-order valence-corrected chi connectivity index (χ4v) is 3.94. The van der Waals surface area contributed by atoms with Crippen LogP contribution in [-0.2, 0) is 0 Å². The average Bonchev–Trinajstić information content (AvgIpc) is 2.68. The van der Waals surface area contributed by atoms with Gasteiger partial charge in [-0.3, -0.25) is 0 Å². The molecule has 0 rings (SSSR count). The van der Waals surface area contributed by atoms with E-state index in [9.17, 15) is 5.11 Å². The Kier molecular flexibility index (Phi) is 22.4. The van der Waals surface area contributed by atoms with Crippen LogP contribution in [0.3, 0.4) is 0 Å². The number of hydrogen-bond acceptors (Lipinski definition) is 2. The number of aliphatic hydroxyl groups excluding tert-OH is 1. The van der Waals surface area contributed by atoms with Gasteiger partial charge in [0.15, 0.2) is 0 Å². The molecule has 0 aliphatic heterocycles. The van der Waals surface area contributed by atoms with Gasteiger partial charge < -0.3 is 10.0 Å². The molecule has 0 radical (unpaired) electrons. The lowest BCUT2D eigenvalue weighted by Crippen LogP contribution is -2.27. The number of hydrogen-bond donors (Lipinski definition) is 1. The van der Waals surface area contributed by atoms with E-state index in [2.05, 4.69) is 25.3 Å². The smallest absolute Gasteiger partial charge is 0.0851 e. The molecule has 0 bridgehead atoms. The summed E-state index contributed by atoms with van der Waals surface area (Å²) in [6, 6.07) is 0. The van der Waals surface area contributed by atoms with E-state index in [4.69, 9.17) is 0 Å². The second-order valence-electron chi connectivity index (χ2n) is 8.81. The summed E-state index contributed by atoms with van der Waals surface area (Å²) in [5, 5.41) is 9.27. The molecule has 0 fully saturated rings. The highest BCUT2D eigenvalue weighted by molar-refractivity contribution is 4.78. The van der Waals surface area contributed by atoms with Crippen molar-refractivity contribution in [2.75, 3.05) is 19.6 Å². The summed E-state index contributed by atoms with van der Waals surface area (Å²) < 4.78 is 0. The van der Waals surface area contributed by atoms with E-state index in [1.807, 2.05) is 0 Å². The van der Waals surface area contributed by atoms with E-state index in [-0.39, 0.29) is 0 Å².